The highest BCUT2D eigenvalue weighted by molar-refractivity contribution is 6.42. The van der Waals surface area contributed by atoms with E-state index >= 15 is 0 Å². The molecule has 1 heterocycles. The van der Waals surface area contributed by atoms with E-state index in [1.165, 1.54) is 6.07 Å². The van der Waals surface area contributed by atoms with Crippen molar-refractivity contribution in [3.8, 4) is 0 Å². The smallest absolute Gasteiger partial charge is 0.123 e. The molecule has 1 aliphatic carbocycles. The fourth-order valence-electron chi connectivity index (χ4n) is 3.63. The SMILES string of the molecule is Fc1ccc2c(c1)[C@@H]1C=CC[C@H]1[C@H](c1cccc(Cl)c1Cl)N2. The van der Waals surface area contributed by atoms with Crippen molar-refractivity contribution < 1.29 is 4.39 Å². The lowest BCUT2D eigenvalue weighted by Crippen LogP contribution is -2.29. The third-order valence-electron chi connectivity index (χ3n) is 4.64. The fourth-order valence-corrected chi connectivity index (χ4v) is 4.06. The lowest BCUT2D eigenvalue weighted by atomic mass is 9.77. The van der Waals surface area contributed by atoms with Crippen LogP contribution in [0.15, 0.2) is 48.6 Å². The van der Waals surface area contributed by atoms with Crippen LogP contribution < -0.4 is 5.32 Å². The molecule has 1 aliphatic heterocycles. The molecule has 0 aromatic heterocycles. The van der Waals surface area contributed by atoms with E-state index < -0.39 is 0 Å². The van der Waals surface area contributed by atoms with Crippen molar-refractivity contribution in [2.24, 2.45) is 5.92 Å². The molecule has 0 amide bonds. The van der Waals surface area contributed by atoms with Gasteiger partial charge in [-0.15, -0.1) is 0 Å². The highest BCUT2D eigenvalue weighted by atomic mass is 35.5. The summed E-state index contributed by atoms with van der Waals surface area (Å²) in [5.74, 6) is 0.344. The maximum Gasteiger partial charge on any atom is 0.123 e. The van der Waals surface area contributed by atoms with E-state index in [0.29, 0.717) is 16.0 Å². The number of hydrogen-bond donors (Lipinski definition) is 1. The van der Waals surface area contributed by atoms with Gasteiger partial charge < -0.3 is 5.32 Å². The van der Waals surface area contributed by atoms with E-state index in [0.717, 1.165) is 23.2 Å². The molecule has 0 spiro atoms. The molecule has 22 heavy (non-hydrogen) atoms. The predicted octanol–water partition coefficient (Wildman–Crippen LogP) is 5.96. The number of allylic oxidation sites excluding steroid dienone is 2. The highest BCUT2D eigenvalue weighted by Gasteiger charge is 2.38. The summed E-state index contributed by atoms with van der Waals surface area (Å²) >= 11 is 12.6. The van der Waals surface area contributed by atoms with Gasteiger partial charge in [0.1, 0.15) is 5.82 Å². The van der Waals surface area contributed by atoms with Crippen LogP contribution in [0.5, 0.6) is 0 Å². The second-order valence-electron chi connectivity index (χ2n) is 5.85. The van der Waals surface area contributed by atoms with E-state index in [4.69, 9.17) is 23.2 Å². The third-order valence-corrected chi connectivity index (χ3v) is 5.47. The molecule has 1 nitrogen and oxygen atoms in total. The van der Waals surface area contributed by atoms with Crippen molar-refractivity contribution >= 4 is 28.9 Å². The largest absolute Gasteiger partial charge is 0.378 e. The van der Waals surface area contributed by atoms with E-state index in [2.05, 4.69) is 17.5 Å². The molecule has 0 bridgehead atoms. The maximum atomic E-state index is 13.6. The highest BCUT2D eigenvalue weighted by Crippen LogP contribution is 2.51. The number of nitrogens with one attached hydrogen (secondary N) is 1. The monoisotopic (exact) mass is 333 g/mol. The first kappa shape index (κ1) is 14.1. The van der Waals surface area contributed by atoms with Crippen LogP contribution >= 0.6 is 23.2 Å². The number of hydrogen-bond acceptors (Lipinski definition) is 1. The average molecular weight is 334 g/mol. The molecule has 1 N–H and O–H groups in total. The Morgan fingerprint density at radius 3 is 2.82 bits per heavy atom. The minimum Gasteiger partial charge on any atom is -0.378 e. The van der Waals surface area contributed by atoms with Crippen LogP contribution in [0, 0.1) is 11.7 Å². The van der Waals surface area contributed by atoms with Crippen LogP contribution in [0.4, 0.5) is 10.1 Å². The van der Waals surface area contributed by atoms with Gasteiger partial charge in [0.05, 0.1) is 16.1 Å². The zero-order valence-corrected chi connectivity index (χ0v) is 13.2. The predicted molar refractivity (Wildman–Crippen MR) is 89.2 cm³/mol. The molecule has 0 unspecified atom stereocenters. The Balaban J connectivity index is 1.83. The van der Waals surface area contributed by atoms with Crippen LogP contribution in [0.1, 0.15) is 29.5 Å². The quantitative estimate of drug-likeness (QED) is 0.635. The lowest BCUT2D eigenvalue weighted by Gasteiger charge is -2.38. The summed E-state index contributed by atoms with van der Waals surface area (Å²) in [5, 5.41) is 4.69. The number of halogens is 3. The summed E-state index contributed by atoms with van der Waals surface area (Å²) in [6.07, 6.45) is 5.29. The summed E-state index contributed by atoms with van der Waals surface area (Å²) in [6, 6.07) is 10.7. The van der Waals surface area contributed by atoms with Crippen LogP contribution in [-0.4, -0.2) is 0 Å². The number of rotatable bonds is 1. The van der Waals surface area contributed by atoms with E-state index in [9.17, 15) is 4.39 Å². The number of anilines is 1. The molecule has 112 valence electrons. The Bertz CT molecular complexity index is 772. The second kappa shape index (κ2) is 5.29. The molecule has 3 atom stereocenters. The molecule has 0 saturated carbocycles. The molecule has 2 aromatic rings. The molecule has 0 saturated heterocycles. The lowest BCUT2D eigenvalue weighted by molar-refractivity contribution is 0.424. The normalized spacial score (nSPS) is 25.5. The summed E-state index contributed by atoms with van der Waals surface area (Å²) in [6.45, 7) is 0. The Kier molecular flexibility index (Phi) is 3.39. The summed E-state index contributed by atoms with van der Waals surface area (Å²) < 4.78 is 13.6. The van der Waals surface area contributed by atoms with Gasteiger partial charge in [-0.25, -0.2) is 4.39 Å². The van der Waals surface area contributed by atoms with Crippen LogP contribution in [0.3, 0.4) is 0 Å². The van der Waals surface area contributed by atoms with Gasteiger partial charge in [0.15, 0.2) is 0 Å². The van der Waals surface area contributed by atoms with Gasteiger partial charge in [-0.05, 0) is 47.7 Å². The van der Waals surface area contributed by atoms with E-state index in [1.54, 1.807) is 18.2 Å². The zero-order valence-electron chi connectivity index (χ0n) is 11.7. The fraction of sp³-hybridized carbons (Fsp3) is 0.222. The van der Waals surface area contributed by atoms with Crippen molar-refractivity contribution in [2.75, 3.05) is 5.32 Å². The Morgan fingerprint density at radius 1 is 1.09 bits per heavy atom. The van der Waals surface area contributed by atoms with Gasteiger partial charge in [0.2, 0.25) is 0 Å². The van der Waals surface area contributed by atoms with Crippen molar-refractivity contribution in [3.05, 3.63) is 75.5 Å². The van der Waals surface area contributed by atoms with Crippen LogP contribution in [0.2, 0.25) is 10.0 Å². The van der Waals surface area contributed by atoms with Crippen LogP contribution in [-0.2, 0) is 0 Å². The molecule has 2 aromatic carbocycles. The van der Waals surface area contributed by atoms with Gasteiger partial charge in [-0.2, -0.15) is 0 Å². The van der Waals surface area contributed by atoms with Crippen LogP contribution in [0.25, 0.3) is 0 Å². The minimum atomic E-state index is -0.196. The molecule has 4 rings (SSSR count). The van der Waals surface area contributed by atoms with Crippen molar-refractivity contribution in [1.29, 1.82) is 0 Å². The molecule has 2 aliphatic rings. The average Bonchev–Trinajstić information content (AvgIpc) is 2.99. The number of fused-ring (bicyclic) bond motifs is 3. The standard InChI is InChI=1S/C18H14Cl2FN/c19-15-6-2-5-13(17(15)20)18-12-4-1-3-11(12)14-9-10(21)7-8-16(14)22-18/h1-3,5-9,11-12,18,22H,4H2/t11-,12-,18-/m1/s1. The molecule has 4 heteroatoms. The first-order valence-corrected chi connectivity index (χ1v) is 8.07. The van der Waals surface area contributed by atoms with Gasteiger partial charge in [0.25, 0.3) is 0 Å². The minimum absolute atomic E-state index is 0.0733. The Hall–Kier alpha value is -1.51. The van der Waals surface area contributed by atoms with E-state index in [1.807, 2.05) is 12.1 Å². The summed E-state index contributed by atoms with van der Waals surface area (Å²) in [5.41, 5.74) is 2.99. The van der Waals surface area contributed by atoms with E-state index in [-0.39, 0.29) is 17.8 Å². The van der Waals surface area contributed by atoms with Gasteiger partial charge in [-0.1, -0.05) is 47.5 Å². The number of benzene rings is 2. The van der Waals surface area contributed by atoms with Crippen molar-refractivity contribution in [3.63, 3.8) is 0 Å². The molecule has 0 fully saturated rings. The van der Waals surface area contributed by atoms with Gasteiger partial charge in [0, 0.05) is 11.6 Å². The molecular weight excluding hydrogens is 320 g/mol. The first-order valence-electron chi connectivity index (χ1n) is 7.31. The summed E-state index contributed by atoms with van der Waals surface area (Å²) in [4.78, 5) is 0. The van der Waals surface area contributed by atoms with Gasteiger partial charge in [-0.3, -0.25) is 0 Å². The molecular formula is C18H14Cl2FN. The Morgan fingerprint density at radius 2 is 1.95 bits per heavy atom. The second-order valence-corrected chi connectivity index (χ2v) is 6.64. The van der Waals surface area contributed by atoms with Gasteiger partial charge >= 0.3 is 0 Å². The zero-order chi connectivity index (χ0) is 15.3. The molecule has 0 radical (unpaired) electrons. The maximum absolute atomic E-state index is 13.6. The topological polar surface area (TPSA) is 12.0 Å². The first-order chi connectivity index (χ1) is 10.6. The Labute approximate surface area is 138 Å². The summed E-state index contributed by atoms with van der Waals surface area (Å²) in [7, 11) is 0. The van der Waals surface area contributed by atoms with Crippen molar-refractivity contribution in [1.82, 2.24) is 0 Å². The third kappa shape index (κ3) is 2.13. The van der Waals surface area contributed by atoms with Crippen molar-refractivity contribution in [2.45, 2.75) is 18.4 Å².